The maximum absolute atomic E-state index is 13.3. The van der Waals surface area contributed by atoms with Crippen molar-refractivity contribution in [3.05, 3.63) is 17.2 Å². The third-order valence-corrected chi connectivity index (χ3v) is 4.56. The van der Waals surface area contributed by atoms with Crippen molar-refractivity contribution in [2.24, 2.45) is 0 Å². The number of hydrogen-bond donors (Lipinski definition) is 1. The average molecular weight is 273 g/mol. The molecular weight excluding hydrogens is 255 g/mol. The molecule has 0 bridgehead atoms. The first-order chi connectivity index (χ1) is 8.98. The second-order valence-electron chi connectivity index (χ2n) is 5.52. The van der Waals surface area contributed by atoms with Crippen molar-refractivity contribution < 1.29 is 13.2 Å². The summed E-state index contributed by atoms with van der Waals surface area (Å²) in [5.41, 5.74) is 1.04. The number of alkyl halides is 3. The van der Waals surface area contributed by atoms with Crippen LogP contribution in [0, 0.1) is 0 Å². The van der Waals surface area contributed by atoms with E-state index in [2.05, 4.69) is 10.3 Å². The van der Waals surface area contributed by atoms with Crippen LogP contribution in [-0.4, -0.2) is 16.1 Å². The molecule has 0 spiro atoms. The van der Waals surface area contributed by atoms with Crippen LogP contribution >= 0.6 is 0 Å². The number of halogens is 3. The second-order valence-corrected chi connectivity index (χ2v) is 5.52. The number of imidazole rings is 1. The Morgan fingerprint density at radius 3 is 2.63 bits per heavy atom. The summed E-state index contributed by atoms with van der Waals surface area (Å²) in [5, 5.41) is 3.10. The average Bonchev–Trinajstić information content (AvgIpc) is 2.69. The molecule has 106 valence electrons. The van der Waals surface area contributed by atoms with Gasteiger partial charge in [0.25, 0.3) is 0 Å². The molecule has 2 heterocycles. The van der Waals surface area contributed by atoms with E-state index in [1.165, 1.54) is 4.57 Å². The second kappa shape index (κ2) is 4.23. The molecule has 6 heteroatoms. The van der Waals surface area contributed by atoms with E-state index in [1.807, 2.05) is 6.92 Å². The fraction of sp³-hybridized carbons (Fsp3) is 0.769. The van der Waals surface area contributed by atoms with Crippen molar-refractivity contribution in [2.45, 2.75) is 57.3 Å². The summed E-state index contributed by atoms with van der Waals surface area (Å²) in [6.07, 6.45) is -0.302. The molecule has 2 aliphatic rings. The Labute approximate surface area is 110 Å². The van der Waals surface area contributed by atoms with E-state index in [0.29, 0.717) is 18.7 Å². The van der Waals surface area contributed by atoms with Gasteiger partial charge in [-0.3, -0.25) is 0 Å². The Morgan fingerprint density at radius 1 is 1.37 bits per heavy atom. The lowest BCUT2D eigenvalue weighted by atomic mass is 9.74. The fourth-order valence-corrected chi connectivity index (χ4v) is 3.33. The Balaban J connectivity index is 2.17. The topological polar surface area (TPSA) is 29.9 Å². The Kier molecular flexibility index (Phi) is 2.89. The molecule has 1 saturated carbocycles. The molecule has 1 N–H and O–H groups in total. The lowest BCUT2D eigenvalue weighted by molar-refractivity contribution is -0.151. The maximum Gasteiger partial charge on any atom is 0.449 e. The van der Waals surface area contributed by atoms with Gasteiger partial charge in [0.15, 0.2) is 0 Å². The van der Waals surface area contributed by atoms with Crippen LogP contribution in [0.1, 0.15) is 49.8 Å². The van der Waals surface area contributed by atoms with Gasteiger partial charge in [0, 0.05) is 30.7 Å². The molecule has 0 atom stereocenters. The van der Waals surface area contributed by atoms with Crippen LogP contribution in [-0.2, 0) is 24.7 Å². The molecule has 3 nitrogen and oxygen atoms in total. The van der Waals surface area contributed by atoms with E-state index >= 15 is 0 Å². The van der Waals surface area contributed by atoms with E-state index in [-0.39, 0.29) is 5.54 Å². The van der Waals surface area contributed by atoms with E-state index in [0.717, 1.165) is 37.9 Å². The Bertz CT molecular complexity index is 481. The molecule has 3 rings (SSSR count). The SMILES string of the molecule is CCC1(n2c(C(F)(F)F)nc3c2CCNC3)CCC1. The van der Waals surface area contributed by atoms with Gasteiger partial charge in [-0.25, -0.2) is 4.98 Å². The van der Waals surface area contributed by atoms with Crippen LogP contribution in [0.3, 0.4) is 0 Å². The van der Waals surface area contributed by atoms with Crippen LogP contribution in [0.4, 0.5) is 13.2 Å². The first-order valence-electron chi connectivity index (χ1n) is 6.87. The van der Waals surface area contributed by atoms with Gasteiger partial charge < -0.3 is 9.88 Å². The van der Waals surface area contributed by atoms with Crippen LogP contribution in [0.5, 0.6) is 0 Å². The van der Waals surface area contributed by atoms with Gasteiger partial charge in [-0.05, 0) is 25.7 Å². The standard InChI is InChI=1S/C13H18F3N3/c1-2-12(5-3-6-12)19-10-4-7-17-8-9(10)18-11(19)13(14,15)16/h17H,2-8H2,1H3. The molecule has 1 aliphatic carbocycles. The number of aromatic nitrogens is 2. The van der Waals surface area contributed by atoms with E-state index in [4.69, 9.17) is 0 Å². The number of hydrogen-bond acceptors (Lipinski definition) is 2. The number of nitrogens with zero attached hydrogens (tertiary/aromatic N) is 2. The van der Waals surface area contributed by atoms with Crippen LogP contribution < -0.4 is 5.32 Å². The first kappa shape index (κ1) is 13.0. The van der Waals surface area contributed by atoms with Crippen molar-refractivity contribution in [3.63, 3.8) is 0 Å². The van der Waals surface area contributed by atoms with Crippen molar-refractivity contribution in [1.29, 1.82) is 0 Å². The molecule has 1 aliphatic heterocycles. The third kappa shape index (κ3) is 1.88. The number of nitrogens with one attached hydrogen (secondary N) is 1. The maximum atomic E-state index is 13.3. The summed E-state index contributed by atoms with van der Waals surface area (Å²) in [4.78, 5) is 3.89. The van der Waals surface area contributed by atoms with Crippen molar-refractivity contribution >= 4 is 0 Å². The Morgan fingerprint density at radius 2 is 2.11 bits per heavy atom. The molecule has 1 fully saturated rings. The molecule has 0 saturated heterocycles. The molecule has 19 heavy (non-hydrogen) atoms. The van der Waals surface area contributed by atoms with Gasteiger partial charge in [0.2, 0.25) is 5.82 Å². The quantitative estimate of drug-likeness (QED) is 0.898. The highest BCUT2D eigenvalue weighted by molar-refractivity contribution is 5.25. The minimum absolute atomic E-state index is 0.344. The van der Waals surface area contributed by atoms with Gasteiger partial charge in [-0.1, -0.05) is 6.92 Å². The van der Waals surface area contributed by atoms with Gasteiger partial charge in [-0.2, -0.15) is 13.2 Å². The molecule has 0 amide bonds. The molecule has 0 unspecified atom stereocenters. The fourth-order valence-electron chi connectivity index (χ4n) is 3.33. The lowest BCUT2D eigenvalue weighted by Crippen LogP contribution is -2.44. The monoisotopic (exact) mass is 273 g/mol. The van der Waals surface area contributed by atoms with Gasteiger partial charge in [-0.15, -0.1) is 0 Å². The predicted octanol–water partition coefficient (Wildman–Crippen LogP) is 2.84. The third-order valence-electron chi connectivity index (χ3n) is 4.56. The van der Waals surface area contributed by atoms with Gasteiger partial charge in [0.1, 0.15) is 0 Å². The van der Waals surface area contributed by atoms with Crippen LogP contribution in [0.15, 0.2) is 0 Å². The van der Waals surface area contributed by atoms with Crippen molar-refractivity contribution in [1.82, 2.24) is 14.9 Å². The smallest absolute Gasteiger partial charge is 0.318 e. The summed E-state index contributed by atoms with van der Waals surface area (Å²) in [5.74, 6) is -0.692. The van der Waals surface area contributed by atoms with Crippen LogP contribution in [0.25, 0.3) is 0 Å². The number of fused-ring (bicyclic) bond motifs is 1. The van der Waals surface area contributed by atoms with E-state index in [9.17, 15) is 13.2 Å². The minimum atomic E-state index is -4.37. The van der Waals surface area contributed by atoms with Crippen molar-refractivity contribution in [2.75, 3.05) is 6.54 Å². The van der Waals surface area contributed by atoms with E-state index in [1.54, 1.807) is 0 Å². The minimum Gasteiger partial charge on any atom is -0.318 e. The molecule has 1 aromatic rings. The summed E-state index contributed by atoms with van der Waals surface area (Å²) in [6.45, 7) is 3.16. The Hall–Kier alpha value is -1.04. The molecular formula is C13H18F3N3. The lowest BCUT2D eigenvalue weighted by Gasteiger charge is -2.45. The van der Waals surface area contributed by atoms with Gasteiger partial charge >= 0.3 is 6.18 Å². The highest BCUT2D eigenvalue weighted by Gasteiger charge is 2.47. The van der Waals surface area contributed by atoms with Crippen molar-refractivity contribution in [3.8, 4) is 0 Å². The highest BCUT2D eigenvalue weighted by atomic mass is 19.4. The molecule has 1 aromatic heterocycles. The van der Waals surface area contributed by atoms with Gasteiger partial charge in [0.05, 0.1) is 5.69 Å². The predicted molar refractivity (Wildman–Crippen MR) is 64.8 cm³/mol. The molecule has 0 radical (unpaired) electrons. The normalized spacial score (nSPS) is 21.9. The zero-order valence-electron chi connectivity index (χ0n) is 11.0. The summed E-state index contributed by atoms with van der Waals surface area (Å²) in [7, 11) is 0. The zero-order valence-corrected chi connectivity index (χ0v) is 11.0. The first-order valence-corrected chi connectivity index (χ1v) is 6.87. The summed E-state index contributed by atoms with van der Waals surface area (Å²) >= 11 is 0. The van der Waals surface area contributed by atoms with Crippen LogP contribution in [0.2, 0.25) is 0 Å². The highest BCUT2D eigenvalue weighted by Crippen LogP contribution is 2.46. The summed E-state index contributed by atoms with van der Waals surface area (Å²) < 4.78 is 41.3. The zero-order chi connectivity index (χ0) is 13.7. The molecule has 0 aromatic carbocycles. The largest absolute Gasteiger partial charge is 0.449 e. The van der Waals surface area contributed by atoms with E-state index < -0.39 is 12.0 Å². The summed E-state index contributed by atoms with van der Waals surface area (Å²) in [6, 6.07) is 0. The number of rotatable bonds is 2.